The largest absolute Gasteiger partial charge is 0.484 e. The number of hydrogen-bond acceptors (Lipinski definition) is 4. The molecule has 0 unspecified atom stereocenters. The fourth-order valence-corrected chi connectivity index (χ4v) is 4.05. The summed E-state index contributed by atoms with van der Waals surface area (Å²) in [5.74, 6) is 0.848. The lowest BCUT2D eigenvalue weighted by atomic mass is 9.97. The van der Waals surface area contributed by atoms with Gasteiger partial charge in [-0.25, -0.2) is 13.1 Å². The Morgan fingerprint density at radius 2 is 1.66 bits per heavy atom. The van der Waals surface area contributed by atoms with Gasteiger partial charge in [0.05, 0.1) is 0 Å². The number of likely N-dealkylation sites (tertiary alicyclic amines) is 1. The summed E-state index contributed by atoms with van der Waals surface area (Å²) in [4.78, 5) is 14.1. The number of hydrogen-bond donors (Lipinski definition) is 1. The van der Waals surface area contributed by atoms with Gasteiger partial charge in [0, 0.05) is 25.0 Å². The molecule has 29 heavy (non-hydrogen) atoms. The monoisotopic (exact) mass is 414 g/mol. The maximum absolute atomic E-state index is 12.3. The Balaban J connectivity index is 1.39. The summed E-state index contributed by atoms with van der Waals surface area (Å²) < 4.78 is 32.5. The summed E-state index contributed by atoms with van der Waals surface area (Å²) in [5.41, 5.74) is 0.836. The van der Waals surface area contributed by atoms with E-state index in [1.165, 1.54) is 5.41 Å². The van der Waals surface area contributed by atoms with E-state index in [1.807, 2.05) is 60.7 Å². The quantitative estimate of drug-likeness (QED) is 0.721. The minimum Gasteiger partial charge on any atom is -0.484 e. The third-order valence-electron chi connectivity index (χ3n) is 4.89. The van der Waals surface area contributed by atoms with E-state index in [0.29, 0.717) is 25.4 Å². The Morgan fingerprint density at radius 1 is 1.03 bits per heavy atom. The van der Waals surface area contributed by atoms with E-state index in [-0.39, 0.29) is 18.4 Å². The predicted octanol–water partition coefficient (Wildman–Crippen LogP) is 2.89. The molecule has 0 saturated carbocycles. The number of amides is 1. The molecule has 7 heteroatoms. The number of piperidine rings is 1. The SMILES string of the molecule is O=C(COc1ccccc1)N1CCC(CNS(=O)(=O)/C=C/c2ccccc2)CC1. The molecule has 1 heterocycles. The van der Waals surface area contributed by atoms with Gasteiger partial charge in [0.15, 0.2) is 6.61 Å². The highest BCUT2D eigenvalue weighted by molar-refractivity contribution is 7.92. The first-order chi connectivity index (χ1) is 14.0. The summed E-state index contributed by atoms with van der Waals surface area (Å²) >= 11 is 0. The molecule has 0 radical (unpaired) electrons. The fourth-order valence-electron chi connectivity index (χ4n) is 3.15. The molecule has 0 bridgehead atoms. The number of para-hydroxylation sites is 1. The Kier molecular flexibility index (Phi) is 7.43. The lowest BCUT2D eigenvalue weighted by Crippen LogP contribution is -2.43. The molecule has 3 rings (SSSR count). The van der Waals surface area contributed by atoms with Crippen LogP contribution in [0, 0.1) is 5.92 Å². The van der Waals surface area contributed by atoms with Crippen molar-refractivity contribution in [3.63, 3.8) is 0 Å². The van der Waals surface area contributed by atoms with Crippen molar-refractivity contribution in [1.82, 2.24) is 9.62 Å². The van der Waals surface area contributed by atoms with E-state index in [0.717, 1.165) is 18.4 Å². The average Bonchev–Trinajstić information content (AvgIpc) is 2.77. The molecule has 2 aromatic carbocycles. The third kappa shape index (κ3) is 7.03. The van der Waals surface area contributed by atoms with Gasteiger partial charge in [-0.3, -0.25) is 4.79 Å². The average molecular weight is 415 g/mol. The number of benzene rings is 2. The molecule has 0 aromatic heterocycles. The number of nitrogens with zero attached hydrogens (tertiary/aromatic N) is 1. The normalized spacial score (nSPS) is 15.5. The zero-order valence-corrected chi connectivity index (χ0v) is 17.1. The fraction of sp³-hybridized carbons (Fsp3) is 0.318. The summed E-state index contributed by atoms with van der Waals surface area (Å²) in [6.45, 7) is 1.63. The number of sulfonamides is 1. The van der Waals surface area contributed by atoms with Crippen molar-refractivity contribution in [3.8, 4) is 5.75 Å². The van der Waals surface area contributed by atoms with Gasteiger partial charge < -0.3 is 9.64 Å². The second-order valence-corrected chi connectivity index (χ2v) is 8.68. The van der Waals surface area contributed by atoms with E-state index in [2.05, 4.69) is 4.72 Å². The maximum Gasteiger partial charge on any atom is 0.260 e. The molecule has 0 atom stereocenters. The molecule has 1 aliphatic rings. The molecule has 1 saturated heterocycles. The highest BCUT2D eigenvalue weighted by atomic mass is 32.2. The second kappa shape index (κ2) is 10.2. The van der Waals surface area contributed by atoms with Crippen LogP contribution in [0.1, 0.15) is 18.4 Å². The van der Waals surface area contributed by atoms with Crippen LogP contribution in [0.25, 0.3) is 6.08 Å². The molecule has 1 N–H and O–H groups in total. The van der Waals surface area contributed by atoms with E-state index in [9.17, 15) is 13.2 Å². The number of carbonyl (C=O) groups excluding carboxylic acids is 1. The van der Waals surface area contributed by atoms with Gasteiger partial charge in [0.1, 0.15) is 5.75 Å². The van der Waals surface area contributed by atoms with Crippen LogP contribution in [0.15, 0.2) is 66.1 Å². The molecule has 1 amide bonds. The maximum atomic E-state index is 12.3. The summed E-state index contributed by atoms with van der Waals surface area (Å²) in [5, 5.41) is 1.20. The Hall–Kier alpha value is -2.64. The first kappa shape index (κ1) is 21.1. The number of rotatable bonds is 8. The zero-order chi connectivity index (χ0) is 20.5. The zero-order valence-electron chi connectivity index (χ0n) is 16.2. The molecule has 2 aromatic rings. The van der Waals surface area contributed by atoms with Gasteiger partial charge in [0.25, 0.3) is 5.91 Å². The predicted molar refractivity (Wildman–Crippen MR) is 114 cm³/mol. The Labute approximate surface area is 172 Å². The van der Waals surface area contributed by atoms with Crippen molar-refractivity contribution in [1.29, 1.82) is 0 Å². The number of ether oxygens (including phenoxy) is 1. The van der Waals surface area contributed by atoms with Gasteiger partial charge in [-0.15, -0.1) is 0 Å². The Morgan fingerprint density at radius 3 is 2.31 bits per heavy atom. The number of carbonyl (C=O) groups is 1. The molecular weight excluding hydrogens is 388 g/mol. The van der Waals surface area contributed by atoms with Crippen LogP contribution < -0.4 is 9.46 Å². The molecule has 6 nitrogen and oxygen atoms in total. The van der Waals surface area contributed by atoms with Crippen LogP contribution in [-0.2, 0) is 14.8 Å². The van der Waals surface area contributed by atoms with Crippen molar-refractivity contribution < 1.29 is 17.9 Å². The van der Waals surface area contributed by atoms with Crippen LogP contribution >= 0.6 is 0 Å². The van der Waals surface area contributed by atoms with Gasteiger partial charge in [0.2, 0.25) is 10.0 Å². The second-order valence-electron chi connectivity index (χ2n) is 7.03. The van der Waals surface area contributed by atoms with Crippen LogP contribution in [0.2, 0.25) is 0 Å². The van der Waals surface area contributed by atoms with Crippen molar-refractivity contribution in [2.45, 2.75) is 12.8 Å². The lowest BCUT2D eigenvalue weighted by molar-refractivity contribution is -0.134. The van der Waals surface area contributed by atoms with Crippen LogP contribution in [0.4, 0.5) is 0 Å². The van der Waals surface area contributed by atoms with Crippen molar-refractivity contribution >= 4 is 22.0 Å². The topological polar surface area (TPSA) is 75.7 Å². The summed E-state index contributed by atoms with van der Waals surface area (Å²) in [7, 11) is -3.48. The van der Waals surface area contributed by atoms with Crippen LogP contribution in [0.5, 0.6) is 5.75 Å². The first-order valence-electron chi connectivity index (χ1n) is 9.70. The van der Waals surface area contributed by atoms with Gasteiger partial charge in [-0.05, 0) is 42.5 Å². The first-order valence-corrected chi connectivity index (χ1v) is 11.2. The van der Waals surface area contributed by atoms with Crippen molar-refractivity contribution in [2.75, 3.05) is 26.2 Å². The highest BCUT2D eigenvalue weighted by Gasteiger charge is 2.23. The molecule has 1 aliphatic heterocycles. The molecule has 0 spiro atoms. The Bertz CT molecular complexity index is 906. The van der Waals surface area contributed by atoms with Gasteiger partial charge in [-0.2, -0.15) is 0 Å². The minimum absolute atomic E-state index is 0.0194. The van der Waals surface area contributed by atoms with E-state index in [4.69, 9.17) is 4.74 Å². The summed E-state index contributed by atoms with van der Waals surface area (Å²) in [6, 6.07) is 18.6. The third-order valence-corrected chi connectivity index (χ3v) is 5.95. The van der Waals surface area contributed by atoms with E-state index < -0.39 is 10.0 Å². The number of nitrogens with one attached hydrogen (secondary N) is 1. The smallest absolute Gasteiger partial charge is 0.260 e. The molecule has 0 aliphatic carbocycles. The van der Waals surface area contributed by atoms with E-state index in [1.54, 1.807) is 11.0 Å². The van der Waals surface area contributed by atoms with Gasteiger partial charge >= 0.3 is 0 Å². The van der Waals surface area contributed by atoms with E-state index >= 15 is 0 Å². The molecular formula is C22H26N2O4S. The molecule has 1 fully saturated rings. The van der Waals surface area contributed by atoms with Crippen molar-refractivity contribution in [3.05, 3.63) is 71.6 Å². The highest BCUT2D eigenvalue weighted by Crippen LogP contribution is 2.17. The van der Waals surface area contributed by atoms with Crippen LogP contribution in [0.3, 0.4) is 0 Å². The van der Waals surface area contributed by atoms with Gasteiger partial charge in [-0.1, -0.05) is 48.5 Å². The standard InChI is InChI=1S/C22H26N2O4S/c25-22(18-28-21-9-5-2-6-10-21)24-14-11-20(12-15-24)17-23-29(26,27)16-13-19-7-3-1-4-8-19/h1-10,13,16,20,23H,11-12,14-15,17-18H2/b16-13+. The van der Waals surface area contributed by atoms with Crippen molar-refractivity contribution in [2.24, 2.45) is 5.92 Å². The lowest BCUT2D eigenvalue weighted by Gasteiger charge is -2.31. The molecule has 154 valence electrons. The summed E-state index contributed by atoms with van der Waals surface area (Å²) in [6.07, 6.45) is 3.11. The minimum atomic E-state index is -3.48. The van der Waals surface area contributed by atoms with Crippen LogP contribution in [-0.4, -0.2) is 45.5 Å².